The number of nitrogens with zero attached hydrogens (tertiary/aromatic N) is 3. The van der Waals surface area contributed by atoms with Gasteiger partial charge in [-0.25, -0.2) is 4.98 Å². The van der Waals surface area contributed by atoms with Gasteiger partial charge >= 0.3 is 0 Å². The first kappa shape index (κ1) is 18.0. The Labute approximate surface area is 154 Å². The molecule has 25 heavy (non-hydrogen) atoms. The first-order valence-corrected chi connectivity index (χ1v) is 9.58. The summed E-state index contributed by atoms with van der Waals surface area (Å²) in [5.41, 5.74) is 8.23. The highest BCUT2D eigenvalue weighted by molar-refractivity contribution is 7.80. The Morgan fingerprint density at radius 1 is 1.36 bits per heavy atom. The molecule has 5 nitrogen and oxygen atoms in total. The van der Waals surface area contributed by atoms with E-state index in [1.54, 1.807) is 0 Å². The van der Waals surface area contributed by atoms with Crippen molar-refractivity contribution in [3.05, 3.63) is 42.4 Å². The summed E-state index contributed by atoms with van der Waals surface area (Å²) in [5, 5.41) is 0. The van der Waals surface area contributed by atoms with Gasteiger partial charge in [0.15, 0.2) is 0 Å². The van der Waals surface area contributed by atoms with E-state index in [0.717, 1.165) is 42.9 Å². The molecule has 0 spiro atoms. The van der Waals surface area contributed by atoms with Gasteiger partial charge in [0.2, 0.25) is 5.91 Å². The molecule has 1 aromatic heterocycles. The van der Waals surface area contributed by atoms with Crippen LogP contribution in [0.4, 0.5) is 0 Å². The second-order valence-corrected chi connectivity index (χ2v) is 6.86. The average Bonchev–Trinajstić information content (AvgIpc) is 3.09. The number of aromatic nitrogens is 2. The quantitative estimate of drug-likeness (QED) is 0.781. The van der Waals surface area contributed by atoms with E-state index in [2.05, 4.69) is 36.3 Å². The van der Waals surface area contributed by atoms with Gasteiger partial charge in [-0.15, -0.1) is 0 Å². The Morgan fingerprint density at radius 2 is 2.12 bits per heavy atom. The van der Waals surface area contributed by atoms with Crippen LogP contribution in [0.3, 0.4) is 0 Å². The van der Waals surface area contributed by atoms with Crippen LogP contribution in [0.25, 0.3) is 11.3 Å². The molecule has 2 heterocycles. The lowest BCUT2D eigenvalue weighted by Crippen LogP contribution is -2.50. The first-order valence-electron chi connectivity index (χ1n) is 8.95. The summed E-state index contributed by atoms with van der Waals surface area (Å²) in [7, 11) is 0. The molecule has 1 aliphatic heterocycles. The molecule has 1 aromatic carbocycles. The van der Waals surface area contributed by atoms with E-state index in [0.29, 0.717) is 12.3 Å². The van der Waals surface area contributed by atoms with Gasteiger partial charge in [-0.2, -0.15) is 12.6 Å². The average molecular weight is 359 g/mol. The molecule has 6 heteroatoms. The number of amides is 1. The van der Waals surface area contributed by atoms with Crippen molar-refractivity contribution in [2.24, 2.45) is 5.73 Å². The van der Waals surface area contributed by atoms with Gasteiger partial charge in [-0.1, -0.05) is 50.1 Å². The van der Waals surface area contributed by atoms with Gasteiger partial charge in [0.05, 0.1) is 24.0 Å². The van der Waals surface area contributed by atoms with Gasteiger partial charge in [0.1, 0.15) is 5.82 Å². The molecule has 2 atom stereocenters. The Hall–Kier alpha value is -1.79. The van der Waals surface area contributed by atoms with Crippen LogP contribution in [0.15, 0.2) is 36.5 Å². The number of hydrogen-bond acceptors (Lipinski definition) is 4. The molecule has 0 saturated heterocycles. The number of rotatable bonds is 6. The lowest BCUT2D eigenvalue weighted by molar-refractivity contribution is -0.136. The second kappa shape index (κ2) is 8.06. The van der Waals surface area contributed by atoms with Crippen LogP contribution in [-0.4, -0.2) is 38.7 Å². The fourth-order valence-corrected chi connectivity index (χ4v) is 3.63. The van der Waals surface area contributed by atoms with Crippen molar-refractivity contribution < 1.29 is 4.79 Å². The molecule has 2 N–H and O–H groups in total. The van der Waals surface area contributed by atoms with Crippen molar-refractivity contribution in [3.8, 4) is 11.3 Å². The lowest BCUT2D eigenvalue weighted by atomic mass is 10.0. The third-order valence-corrected chi connectivity index (χ3v) is 5.22. The number of carbonyl (C=O) groups excluding carboxylic acids is 1. The summed E-state index contributed by atoms with van der Waals surface area (Å²) < 4.78 is 2.26. The summed E-state index contributed by atoms with van der Waals surface area (Å²) in [6.07, 6.45) is 4.98. The lowest BCUT2D eigenvalue weighted by Gasteiger charge is -2.37. The zero-order valence-corrected chi connectivity index (χ0v) is 15.5. The molecular weight excluding hydrogens is 332 g/mol. The molecule has 0 fully saturated rings. The van der Waals surface area contributed by atoms with Gasteiger partial charge in [-0.05, 0) is 12.0 Å². The van der Waals surface area contributed by atoms with E-state index in [1.165, 1.54) is 0 Å². The van der Waals surface area contributed by atoms with Crippen LogP contribution < -0.4 is 5.73 Å². The number of fused-ring (bicyclic) bond motifs is 1. The van der Waals surface area contributed by atoms with Crippen LogP contribution in [0, 0.1) is 0 Å². The molecule has 2 unspecified atom stereocenters. The predicted octanol–water partition coefficient (Wildman–Crippen LogP) is 2.88. The molecular formula is C19H26N4OS. The van der Waals surface area contributed by atoms with Crippen LogP contribution in [0.5, 0.6) is 0 Å². The Kier molecular flexibility index (Phi) is 5.81. The van der Waals surface area contributed by atoms with Crippen molar-refractivity contribution in [2.75, 3.05) is 12.3 Å². The maximum atomic E-state index is 12.7. The zero-order chi connectivity index (χ0) is 17.8. The number of hydrogen-bond donors (Lipinski definition) is 2. The number of thiol groups is 1. The number of nitrogens with two attached hydrogens (primary N) is 1. The highest BCUT2D eigenvalue weighted by Gasteiger charge is 2.34. The van der Waals surface area contributed by atoms with Gasteiger partial charge < -0.3 is 15.2 Å². The molecule has 134 valence electrons. The third-order valence-electron chi connectivity index (χ3n) is 4.82. The Balaban J connectivity index is 1.95. The molecule has 0 bridgehead atoms. The van der Waals surface area contributed by atoms with Crippen molar-refractivity contribution in [1.82, 2.24) is 14.5 Å². The summed E-state index contributed by atoms with van der Waals surface area (Å²) >= 11 is 4.19. The summed E-state index contributed by atoms with van der Waals surface area (Å²) in [5.74, 6) is 1.31. The number of unbranched alkanes of at least 4 members (excludes halogenated alkanes) is 1. The monoisotopic (exact) mass is 358 g/mol. The standard InChI is InChI=1S/C19H26N4OS/c1-2-3-9-16-18-21-12-17(14-7-5-4-6-8-14)22(18)10-11-23(16)19(24)15(20)13-25/h4-8,12,15-16,25H,2-3,9-11,13,20H2,1H3. The van der Waals surface area contributed by atoms with Crippen molar-refractivity contribution in [3.63, 3.8) is 0 Å². The smallest absolute Gasteiger partial charge is 0.241 e. The van der Waals surface area contributed by atoms with Gasteiger partial charge in [0.25, 0.3) is 0 Å². The Bertz CT molecular complexity index is 715. The minimum absolute atomic E-state index is 0.00963. The largest absolute Gasteiger partial charge is 0.329 e. The normalized spacial score (nSPS) is 18.0. The van der Waals surface area contributed by atoms with Gasteiger partial charge in [-0.3, -0.25) is 4.79 Å². The summed E-state index contributed by atoms with van der Waals surface area (Å²) in [6.45, 7) is 3.57. The number of carbonyl (C=O) groups is 1. The van der Waals surface area contributed by atoms with Crippen LogP contribution in [0.2, 0.25) is 0 Å². The van der Waals surface area contributed by atoms with Crippen LogP contribution in [0.1, 0.15) is 38.1 Å². The number of imidazole rings is 1. The zero-order valence-electron chi connectivity index (χ0n) is 14.6. The highest BCUT2D eigenvalue weighted by atomic mass is 32.1. The molecule has 1 amide bonds. The molecule has 0 aliphatic carbocycles. The fourth-order valence-electron chi connectivity index (χ4n) is 3.47. The fraction of sp³-hybridized carbons (Fsp3) is 0.474. The molecule has 1 aliphatic rings. The Morgan fingerprint density at radius 3 is 2.80 bits per heavy atom. The van der Waals surface area contributed by atoms with E-state index >= 15 is 0 Å². The van der Waals surface area contributed by atoms with Crippen LogP contribution in [-0.2, 0) is 11.3 Å². The topological polar surface area (TPSA) is 64.2 Å². The van der Waals surface area contributed by atoms with E-state index in [4.69, 9.17) is 10.7 Å². The summed E-state index contributed by atoms with van der Waals surface area (Å²) in [4.78, 5) is 19.3. The molecule has 2 aromatic rings. The van der Waals surface area contributed by atoms with E-state index in [-0.39, 0.29) is 11.9 Å². The first-order chi connectivity index (χ1) is 12.2. The third kappa shape index (κ3) is 3.60. The minimum atomic E-state index is -0.553. The maximum absolute atomic E-state index is 12.7. The van der Waals surface area contributed by atoms with Gasteiger partial charge in [0, 0.05) is 18.8 Å². The second-order valence-electron chi connectivity index (χ2n) is 6.50. The molecule has 0 saturated carbocycles. The SMILES string of the molecule is CCCCC1c2ncc(-c3ccccc3)n2CCN1C(=O)C(N)CS. The minimum Gasteiger partial charge on any atom is -0.329 e. The number of benzene rings is 1. The van der Waals surface area contributed by atoms with Crippen molar-refractivity contribution in [2.45, 2.75) is 44.8 Å². The maximum Gasteiger partial charge on any atom is 0.241 e. The van der Waals surface area contributed by atoms with E-state index < -0.39 is 6.04 Å². The van der Waals surface area contributed by atoms with E-state index in [1.807, 2.05) is 29.3 Å². The highest BCUT2D eigenvalue weighted by Crippen LogP contribution is 2.33. The van der Waals surface area contributed by atoms with Crippen molar-refractivity contribution in [1.29, 1.82) is 0 Å². The van der Waals surface area contributed by atoms with Crippen molar-refractivity contribution >= 4 is 18.5 Å². The summed E-state index contributed by atoms with van der Waals surface area (Å²) in [6, 6.07) is 9.72. The molecule has 3 rings (SSSR count). The van der Waals surface area contributed by atoms with Crippen LogP contribution >= 0.6 is 12.6 Å². The van der Waals surface area contributed by atoms with E-state index in [9.17, 15) is 4.79 Å². The molecule has 0 radical (unpaired) electrons. The predicted molar refractivity (Wildman–Crippen MR) is 103 cm³/mol.